The molecule has 0 radical (unpaired) electrons. The quantitative estimate of drug-likeness (QED) is 0.700. The van der Waals surface area contributed by atoms with Gasteiger partial charge in [0.05, 0.1) is 5.92 Å². The largest absolute Gasteiger partial charge is 0.312 e. The molecule has 4 rings (SSSR count). The van der Waals surface area contributed by atoms with Crippen molar-refractivity contribution in [1.82, 2.24) is 10.2 Å². The summed E-state index contributed by atoms with van der Waals surface area (Å²) < 4.78 is 0. The first-order valence-corrected chi connectivity index (χ1v) is 10.4. The van der Waals surface area contributed by atoms with Crippen molar-refractivity contribution < 1.29 is 9.59 Å². The van der Waals surface area contributed by atoms with Crippen molar-refractivity contribution in [2.75, 3.05) is 16.8 Å². The minimum absolute atomic E-state index is 0.0304. The number of hydrogen-bond donors (Lipinski definition) is 1. The molecule has 3 aromatic rings. The monoisotopic (exact) mass is 406 g/mol. The molecule has 1 N–H and O–H groups in total. The third-order valence-corrected chi connectivity index (χ3v) is 5.75. The molecule has 1 aliphatic rings. The van der Waals surface area contributed by atoms with Crippen molar-refractivity contribution >= 4 is 34.0 Å². The number of hydrogen-bond acceptors (Lipinski definition) is 5. The summed E-state index contributed by atoms with van der Waals surface area (Å²) >= 11 is 1.36. The third-order valence-electron chi connectivity index (χ3n) is 4.91. The van der Waals surface area contributed by atoms with Crippen molar-refractivity contribution in [2.24, 2.45) is 5.92 Å². The number of benzene rings is 2. The first-order chi connectivity index (χ1) is 14.0. The van der Waals surface area contributed by atoms with Gasteiger partial charge in [-0.2, -0.15) is 0 Å². The second kappa shape index (κ2) is 8.13. The molecule has 1 fully saturated rings. The second-order valence-corrected chi connectivity index (χ2v) is 8.47. The van der Waals surface area contributed by atoms with E-state index in [0.717, 1.165) is 27.4 Å². The zero-order valence-electron chi connectivity index (χ0n) is 16.4. The zero-order valence-corrected chi connectivity index (χ0v) is 17.2. The Labute approximate surface area is 173 Å². The summed E-state index contributed by atoms with van der Waals surface area (Å²) in [5, 5.41) is 12.4. The van der Waals surface area contributed by atoms with Crippen molar-refractivity contribution in [1.29, 1.82) is 0 Å². The van der Waals surface area contributed by atoms with Crippen molar-refractivity contribution in [2.45, 2.75) is 26.7 Å². The topological polar surface area (TPSA) is 75.2 Å². The average molecular weight is 407 g/mol. The number of rotatable bonds is 5. The average Bonchev–Trinajstić information content (AvgIpc) is 3.28. The molecule has 2 heterocycles. The Hall–Kier alpha value is -3.06. The maximum absolute atomic E-state index is 12.7. The van der Waals surface area contributed by atoms with Gasteiger partial charge >= 0.3 is 0 Å². The highest BCUT2D eigenvalue weighted by atomic mass is 32.1. The second-order valence-electron chi connectivity index (χ2n) is 7.40. The predicted octanol–water partition coefficient (Wildman–Crippen LogP) is 3.74. The zero-order chi connectivity index (χ0) is 20.4. The molecule has 7 heteroatoms. The number of anilines is 2. The van der Waals surface area contributed by atoms with Gasteiger partial charge in [-0.1, -0.05) is 47.7 Å². The summed E-state index contributed by atoms with van der Waals surface area (Å²) in [6.07, 6.45) is 0.880. The van der Waals surface area contributed by atoms with Gasteiger partial charge < -0.3 is 10.2 Å². The lowest BCUT2D eigenvalue weighted by atomic mass is 10.1. The number of aryl methyl sites for hydroxylation is 2. The van der Waals surface area contributed by atoms with Crippen LogP contribution in [0.25, 0.3) is 0 Å². The highest BCUT2D eigenvalue weighted by Crippen LogP contribution is 2.28. The Bertz CT molecular complexity index is 1030. The Kier molecular flexibility index (Phi) is 5.40. The smallest absolute Gasteiger partial charge is 0.231 e. The fraction of sp³-hybridized carbons (Fsp3) is 0.273. The lowest BCUT2D eigenvalue weighted by molar-refractivity contribution is -0.122. The fourth-order valence-electron chi connectivity index (χ4n) is 3.59. The van der Waals surface area contributed by atoms with Gasteiger partial charge in [-0.15, -0.1) is 10.2 Å². The number of carbonyl (C=O) groups excluding carboxylic acids is 2. The molecular weight excluding hydrogens is 384 g/mol. The normalized spacial score (nSPS) is 16.3. The van der Waals surface area contributed by atoms with Gasteiger partial charge in [-0.05, 0) is 42.7 Å². The Morgan fingerprint density at radius 2 is 1.86 bits per heavy atom. The van der Waals surface area contributed by atoms with Crippen LogP contribution < -0.4 is 10.2 Å². The van der Waals surface area contributed by atoms with E-state index >= 15 is 0 Å². The standard InChI is InChI=1S/C22H22N4O2S/c1-14-8-15(2)10-18(9-14)26-13-17(12-20(26)27)21(28)23-22-25-24-19(29-22)11-16-6-4-3-5-7-16/h3-10,17H,11-13H2,1-2H3,(H,23,25,28). The van der Waals surface area contributed by atoms with Gasteiger partial charge in [0.15, 0.2) is 0 Å². The molecule has 1 aromatic heterocycles. The molecule has 1 saturated heterocycles. The first kappa shape index (κ1) is 19.3. The van der Waals surface area contributed by atoms with Crippen LogP contribution in [0.5, 0.6) is 0 Å². The van der Waals surface area contributed by atoms with Gasteiger partial charge in [-0.3, -0.25) is 9.59 Å². The predicted molar refractivity (Wildman–Crippen MR) is 114 cm³/mol. The number of carbonyl (C=O) groups is 2. The SMILES string of the molecule is Cc1cc(C)cc(N2CC(C(=O)Nc3nnc(Cc4ccccc4)s3)CC2=O)c1. The van der Waals surface area contributed by atoms with Crippen LogP contribution in [-0.2, 0) is 16.0 Å². The van der Waals surface area contributed by atoms with Gasteiger partial charge in [0.25, 0.3) is 0 Å². The highest BCUT2D eigenvalue weighted by molar-refractivity contribution is 7.15. The van der Waals surface area contributed by atoms with Crippen molar-refractivity contribution in [3.63, 3.8) is 0 Å². The Balaban J connectivity index is 1.40. The lowest BCUT2D eigenvalue weighted by Crippen LogP contribution is -2.28. The van der Waals surface area contributed by atoms with E-state index in [0.29, 0.717) is 18.1 Å². The molecule has 0 spiro atoms. The van der Waals surface area contributed by atoms with Crippen LogP contribution in [0.4, 0.5) is 10.8 Å². The maximum atomic E-state index is 12.7. The van der Waals surface area contributed by atoms with Crippen LogP contribution in [0.2, 0.25) is 0 Å². The molecular formula is C22H22N4O2S. The van der Waals surface area contributed by atoms with Gasteiger partial charge in [-0.25, -0.2) is 0 Å². The molecule has 29 heavy (non-hydrogen) atoms. The van der Waals surface area contributed by atoms with Gasteiger partial charge in [0.2, 0.25) is 16.9 Å². The summed E-state index contributed by atoms with van der Waals surface area (Å²) in [4.78, 5) is 26.9. The van der Waals surface area contributed by atoms with Crippen LogP contribution in [0.3, 0.4) is 0 Å². The maximum Gasteiger partial charge on any atom is 0.231 e. The molecule has 2 aromatic carbocycles. The van der Waals surface area contributed by atoms with Gasteiger partial charge in [0.1, 0.15) is 5.01 Å². The van der Waals surface area contributed by atoms with Crippen LogP contribution in [0.1, 0.15) is 28.1 Å². The fourth-order valence-corrected chi connectivity index (χ4v) is 4.37. The van der Waals surface area contributed by atoms with Crippen molar-refractivity contribution in [3.05, 3.63) is 70.2 Å². The van der Waals surface area contributed by atoms with Crippen LogP contribution in [0.15, 0.2) is 48.5 Å². The summed E-state index contributed by atoms with van der Waals surface area (Å²) in [7, 11) is 0. The van der Waals surface area contributed by atoms with Crippen molar-refractivity contribution in [3.8, 4) is 0 Å². The molecule has 148 valence electrons. The minimum atomic E-state index is -0.398. The number of amides is 2. The highest BCUT2D eigenvalue weighted by Gasteiger charge is 2.35. The van der Waals surface area contributed by atoms with E-state index < -0.39 is 5.92 Å². The molecule has 1 aliphatic heterocycles. The number of aromatic nitrogens is 2. The molecule has 0 bridgehead atoms. The molecule has 0 saturated carbocycles. The summed E-state index contributed by atoms with van der Waals surface area (Å²) in [6, 6.07) is 16.0. The first-order valence-electron chi connectivity index (χ1n) is 9.54. The van der Waals surface area contributed by atoms with E-state index in [1.165, 1.54) is 11.3 Å². The molecule has 1 atom stereocenters. The molecule has 1 unspecified atom stereocenters. The summed E-state index contributed by atoms with van der Waals surface area (Å²) in [5.74, 6) is -0.616. The molecule has 2 amide bonds. The molecule has 6 nitrogen and oxygen atoms in total. The lowest BCUT2D eigenvalue weighted by Gasteiger charge is -2.18. The van der Waals surface area contributed by atoms with E-state index in [-0.39, 0.29) is 18.2 Å². The van der Waals surface area contributed by atoms with E-state index in [4.69, 9.17) is 0 Å². The number of nitrogens with one attached hydrogen (secondary N) is 1. The summed E-state index contributed by atoms with van der Waals surface area (Å²) in [6.45, 7) is 4.39. The summed E-state index contributed by atoms with van der Waals surface area (Å²) in [5.41, 5.74) is 4.19. The molecule has 0 aliphatic carbocycles. The van der Waals surface area contributed by atoms with Crippen LogP contribution in [-0.4, -0.2) is 28.6 Å². The Morgan fingerprint density at radius 3 is 2.59 bits per heavy atom. The third kappa shape index (κ3) is 4.51. The minimum Gasteiger partial charge on any atom is -0.312 e. The Morgan fingerprint density at radius 1 is 1.14 bits per heavy atom. The van der Waals surface area contributed by atoms with Crippen LogP contribution in [0, 0.1) is 19.8 Å². The van der Waals surface area contributed by atoms with E-state index in [1.807, 2.05) is 56.3 Å². The van der Waals surface area contributed by atoms with E-state index in [9.17, 15) is 9.59 Å². The van der Waals surface area contributed by atoms with E-state index in [1.54, 1.807) is 4.90 Å². The van der Waals surface area contributed by atoms with Crippen LogP contribution >= 0.6 is 11.3 Å². The number of nitrogens with zero attached hydrogens (tertiary/aromatic N) is 3. The van der Waals surface area contributed by atoms with E-state index in [2.05, 4.69) is 21.6 Å². The van der Waals surface area contributed by atoms with Gasteiger partial charge in [0, 0.05) is 25.1 Å².